The monoisotopic (exact) mass is 407 g/mol. The van der Waals surface area contributed by atoms with Gasteiger partial charge in [0.15, 0.2) is 0 Å². The highest BCUT2D eigenvalue weighted by molar-refractivity contribution is 9.10. The van der Waals surface area contributed by atoms with Gasteiger partial charge in [-0.2, -0.15) is 0 Å². The second-order valence-corrected chi connectivity index (χ2v) is 7.53. The summed E-state index contributed by atoms with van der Waals surface area (Å²) >= 11 is 6.47. The van der Waals surface area contributed by atoms with Gasteiger partial charge in [-0.3, -0.25) is 9.78 Å². The van der Waals surface area contributed by atoms with Gasteiger partial charge in [0.25, 0.3) is 5.91 Å². The molecule has 3 aromatic rings. The first-order valence-electron chi connectivity index (χ1n) is 7.10. The zero-order valence-electron chi connectivity index (χ0n) is 12.2. The highest BCUT2D eigenvalue weighted by Crippen LogP contribution is 2.23. The van der Waals surface area contributed by atoms with Crippen LogP contribution in [0.1, 0.15) is 21.1 Å². The van der Waals surface area contributed by atoms with Crippen molar-refractivity contribution in [3.8, 4) is 11.3 Å². The summed E-state index contributed by atoms with van der Waals surface area (Å²) in [6, 6.07) is 5.80. The van der Waals surface area contributed by atoms with Crippen LogP contribution in [-0.2, 0) is 6.42 Å². The minimum absolute atomic E-state index is 0.0245. The Hall–Kier alpha value is -1.57. The Morgan fingerprint density at radius 2 is 2.04 bits per heavy atom. The maximum absolute atomic E-state index is 12.0. The van der Waals surface area contributed by atoms with E-state index in [2.05, 4.69) is 36.6 Å². The number of aryl methyl sites for hydroxylation is 1. The molecule has 118 valence electrons. The molecule has 0 aliphatic carbocycles. The fourth-order valence-corrected chi connectivity index (χ4v) is 4.38. The maximum Gasteiger partial charge on any atom is 0.262 e. The first kappa shape index (κ1) is 16.3. The highest BCUT2D eigenvalue weighted by atomic mass is 79.9. The Balaban J connectivity index is 1.47. The molecule has 0 bridgehead atoms. The lowest BCUT2D eigenvalue weighted by atomic mass is 10.2. The van der Waals surface area contributed by atoms with E-state index in [1.54, 1.807) is 23.7 Å². The molecule has 0 aliphatic heterocycles. The fraction of sp³-hybridized carbons (Fsp3) is 0.188. The summed E-state index contributed by atoms with van der Waals surface area (Å²) in [4.78, 5) is 21.3. The molecule has 0 saturated carbocycles. The number of carbonyl (C=O) groups excluding carboxylic acids is 1. The van der Waals surface area contributed by atoms with Crippen LogP contribution in [0, 0.1) is 0 Å². The summed E-state index contributed by atoms with van der Waals surface area (Å²) in [6.07, 6.45) is 5.28. The van der Waals surface area contributed by atoms with Gasteiger partial charge in [0.1, 0.15) is 4.88 Å². The standard InChI is InChI=1S/C16H14BrN3OS2/c17-12-5-9-22-15(12)16(21)19-6-1-2-14-20-13(10-23-14)11-3-7-18-8-4-11/h3-5,7-10H,1-2,6H2,(H,19,21). The molecule has 1 N–H and O–H groups in total. The number of hydrogen-bond donors (Lipinski definition) is 1. The lowest BCUT2D eigenvalue weighted by molar-refractivity contribution is 0.0956. The van der Waals surface area contributed by atoms with E-state index in [-0.39, 0.29) is 5.91 Å². The molecule has 0 atom stereocenters. The summed E-state index contributed by atoms with van der Waals surface area (Å²) in [7, 11) is 0. The van der Waals surface area contributed by atoms with Gasteiger partial charge in [-0.1, -0.05) is 0 Å². The molecule has 0 aromatic carbocycles. The average molecular weight is 408 g/mol. The Bertz CT molecular complexity index is 785. The number of aromatic nitrogens is 2. The molecule has 0 fully saturated rings. The number of hydrogen-bond acceptors (Lipinski definition) is 5. The minimum atomic E-state index is -0.0245. The normalized spacial score (nSPS) is 10.7. The van der Waals surface area contributed by atoms with Crippen molar-refractivity contribution in [3.05, 3.63) is 55.7 Å². The van der Waals surface area contributed by atoms with Crippen molar-refractivity contribution in [2.24, 2.45) is 0 Å². The first-order valence-corrected chi connectivity index (χ1v) is 9.65. The van der Waals surface area contributed by atoms with E-state index in [0.29, 0.717) is 6.54 Å². The van der Waals surface area contributed by atoms with Gasteiger partial charge in [0.05, 0.1) is 10.7 Å². The topological polar surface area (TPSA) is 54.9 Å². The number of nitrogens with one attached hydrogen (secondary N) is 1. The number of amides is 1. The van der Waals surface area contributed by atoms with E-state index >= 15 is 0 Å². The van der Waals surface area contributed by atoms with Crippen molar-refractivity contribution in [1.29, 1.82) is 0 Å². The Morgan fingerprint density at radius 1 is 1.22 bits per heavy atom. The average Bonchev–Trinajstić information content (AvgIpc) is 3.21. The van der Waals surface area contributed by atoms with Crippen LogP contribution in [0.5, 0.6) is 0 Å². The predicted octanol–water partition coefficient (Wildman–Crippen LogP) is 4.39. The van der Waals surface area contributed by atoms with Gasteiger partial charge in [0, 0.05) is 40.8 Å². The summed E-state index contributed by atoms with van der Waals surface area (Å²) in [5, 5.41) is 7.99. The molecule has 0 spiro atoms. The van der Waals surface area contributed by atoms with Crippen LogP contribution in [0.2, 0.25) is 0 Å². The quantitative estimate of drug-likeness (QED) is 0.616. The van der Waals surface area contributed by atoms with Gasteiger partial charge in [-0.15, -0.1) is 22.7 Å². The number of nitrogens with zero attached hydrogens (tertiary/aromatic N) is 2. The van der Waals surface area contributed by atoms with Gasteiger partial charge in [0.2, 0.25) is 0 Å². The number of thiophene rings is 1. The molecular formula is C16H14BrN3OS2. The molecule has 0 aliphatic rings. The number of halogens is 1. The molecule has 0 saturated heterocycles. The van der Waals surface area contributed by atoms with Crippen LogP contribution < -0.4 is 5.32 Å². The van der Waals surface area contributed by atoms with Crippen LogP contribution in [0.4, 0.5) is 0 Å². The zero-order valence-corrected chi connectivity index (χ0v) is 15.4. The van der Waals surface area contributed by atoms with Crippen LogP contribution in [0.15, 0.2) is 45.8 Å². The number of thiazole rings is 1. The van der Waals surface area contributed by atoms with E-state index in [0.717, 1.165) is 38.5 Å². The number of carbonyl (C=O) groups is 1. The zero-order chi connectivity index (χ0) is 16.1. The second kappa shape index (κ2) is 7.81. The van der Waals surface area contributed by atoms with Gasteiger partial charge < -0.3 is 5.32 Å². The lowest BCUT2D eigenvalue weighted by Crippen LogP contribution is -2.24. The van der Waals surface area contributed by atoms with E-state index < -0.39 is 0 Å². The summed E-state index contributed by atoms with van der Waals surface area (Å²) in [5.41, 5.74) is 2.07. The predicted molar refractivity (Wildman–Crippen MR) is 98.0 cm³/mol. The number of rotatable bonds is 6. The molecule has 0 unspecified atom stereocenters. The van der Waals surface area contributed by atoms with Crippen molar-refractivity contribution in [2.45, 2.75) is 12.8 Å². The van der Waals surface area contributed by atoms with Gasteiger partial charge in [-0.05, 0) is 45.9 Å². The second-order valence-electron chi connectivity index (χ2n) is 4.82. The Labute approximate surface area is 150 Å². The maximum atomic E-state index is 12.0. The summed E-state index contributed by atoms with van der Waals surface area (Å²) in [5.74, 6) is -0.0245. The van der Waals surface area contributed by atoms with E-state index in [1.165, 1.54) is 11.3 Å². The molecule has 23 heavy (non-hydrogen) atoms. The van der Waals surface area contributed by atoms with Gasteiger partial charge in [-0.25, -0.2) is 4.98 Å². The van der Waals surface area contributed by atoms with Crippen LogP contribution >= 0.6 is 38.6 Å². The van der Waals surface area contributed by atoms with Crippen molar-refractivity contribution < 1.29 is 4.79 Å². The SMILES string of the molecule is O=C(NCCCc1nc(-c2ccncc2)cs1)c1sccc1Br. The largest absolute Gasteiger partial charge is 0.351 e. The third-order valence-electron chi connectivity index (χ3n) is 3.20. The third-order valence-corrected chi connectivity index (χ3v) is 5.95. The van der Waals surface area contributed by atoms with E-state index in [4.69, 9.17) is 0 Å². The highest BCUT2D eigenvalue weighted by Gasteiger charge is 2.10. The molecule has 3 heterocycles. The molecule has 3 rings (SSSR count). The van der Waals surface area contributed by atoms with Crippen molar-refractivity contribution in [1.82, 2.24) is 15.3 Å². The van der Waals surface area contributed by atoms with Crippen LogP contribution in [-0.4, -0.2) is 22.4 Å². The van der Waals surface area contributed by atoms with Crippen molar-refractivity contribution in [2.75, 3.05) is 6.54 Å². The smallest absolute Gasteiger partial charge is 0.262 e. The molecule has 7 heteroatoms. The van der Waals surface area contributed by atoms with Crippen molar-refractivity contribution in [3.63, 3.8) is 0 Å². The summed E-state index contributed by atoms with van der Waals surface area (Å²) < 4.78 is 0.849. The Kier molecular flexibility index (Phi) is 5.53. The Morgan fingerprint density at radius 3 is 2.78 bits per heavy atom. The minimum Gasteiger partial charge on any atom is -0.351 e. The van der Waals surface area contributed by atoms with E-state index in [1.807, 2.05) is 23.6 Å². The lowest BCUT2D eigenvalue weighted by Gasteiger charge is -2.03. The van der Waals surface area contributed by atoms with Gasteiger partial charge >= 0.3 is 0 Å². The molecule has 1 amide bonds. The van der Waals surface area contributed by atoms with Crippen LogP contribution in [0.25, 0.3) is 11.3 Å². The molecular weight excluding hydrogens is 394 g/mol. The van der Waals surface area contributed by atoms with Crippen LogP contribution in [0.3, 0.4) is 0 Å². The third kappa shape index (κ3) is 4.25. The first-order chi connectivity index (χ1) is 11.2. The van der Waals surface area contributed by atoms with Crippen molar-refractivity contribution >= 4 is 44.5 Å². The summed E-state index contributed by atoms with van der Waals surface area (Å²) in [6.45, 7) is 0.646. The molecule has 4 nitrogen and oxygen atoms in total. The number of pyridine rings is 1. The van der Waals surface area contributed by atoms with E-state index in [9.17, 15) is 4.79 Å². The molecule has 0 radical (unpaired) electrons. The molecule has 3 aromatic heterocycles. The fourth-order valence-electron chi connectivity index (χ4n) is 2.06.